The number of carbonyl (C=O) groups is 1. The van der Waals surface area contributed by atoms with Crippen molar-refractivity contribution in [1.29, 1.82) is 0 Å². The number of aromatic nitrogens is 2. The Morgan fingerprint density at radius 2 is 2.24 bits per heavy atom. The molecule has 94 valence electrons. The Kier molecular flexibility index (Phi) is 2.98. The van der Waals surface area contributed by atoms with Crippen LogP contribution in [0.5, 0.6) is 0 Å². The van der Waals surface area contributed by atoms with Crippen molar-refractivity contribution in [1.82, 2.24) is 15.1 Å². The Morgan fingerprint density at radius 1 is 1.53 bits per heavy atom. The lowest BCUT2D eigenvalue weighted by molar-refractivity contribution is 0.0776. The molecule has 17 heavy (non-hydrogen) atoms. The summed E-state index contributed by atoms with van der Waals surface area (Å²) < 4.78 is 0. The summed E-state index contributed by atoms with van der Waals surface area (Å²) in [5.41, 5.74) is 1.84. The highest BCUT2D eigenvalue weighted by atomic mass is 16.2. The highest BCUT2D eigenvalue weighted by molar-refractivity contribution is 5.95. The molecule has 1 fully saturated rings. The first-order chi connectivity index (χ1) is 7.89. The molecule has 2 rings (SSSR count). The zero-order valence-electron chi connectivity index (χ0n) is 11.1. The largest absolute Gasteiger partial charge is 0.338 e. The molecule has 2 heterocycles. The fourth-order valence-corrected chi connectivity index (χ4v) is 2.39. The molecule has 1 unspecified atom stereocenters. The van der Waals surface area contributed by atoms with Gasteiger partial charge in [-0.25, -0.2) is 0 Å². The molecule has 1 aromatic heterocycles. The number of aryl methyl sites for hydroxylation is 1. The maximum atomic E-state index is 12.3. The van der Waals surface area contributed by atoms with Gasteiger partial charge in [-0.2, -0.15) is 5.10 Å². The summed E-state index contributed by atoms with van der Waals surface area (Å²) in [6.07, 6.45) is 2.73. The predicted molar refractivity (Wildman–Crippen MR) is 66.8 cm³/mol. The average Bonchev–Trinajstić information content (AvgIpc) is 2.83. The van der Waals surface area contributed by atoms with Gasteiger partial charge < -0.3 is 4.90 Å². The lowest BCUT2D eigenvalue weighted by Crippen LogP contribution is -2.31. The van der Waals surface area contributed by atoms with Gasteiger partial charge in [-0.15, -0.1) is 0 Å². The van der Waals surface area contributed by atoms with E-state index >= 15 is 0 Å². The smallest absolute Gasteiger partial charge is 0.257 e. The zero-order chi connectivity index (χ0) is 12.6. The molecular formula is C13H21N3O. The van der Waals surface area contributed by atoms with E-state index in [4.69, 9.17) is 0 Å². The second kappa shape index (κ2) is 4.17. The number of hydrogen-bond acceptors (Lipinski definition) is 2. The summed E-state index contributed by atoms with van der Waals surface area (Å²) >= 11 is 0. The van der Waals surface area contributed by atoms with Crippen LogP contribution in [0, 0.1) is 18.3 Å². The molecule has 1 amide bonds. The minimum atomic E-state index is 0.114. The van der Waals surface area contributed by atoms with Gasteiger partial charge in [-0.3, -0.25) is 9.89 Å². The van der Waals surface area contributed by atoms with Gasteiger partial charge in [0.25, 0.3) is 5.91 Å². The lowest BCUT2D eigenvalue weighted by Gasteiger charge is -2.26. The van der Waals surface area contributed by atoms with Crippen molar-refractivity contribution in [2.45, 2.75) is 34.1 Å². The second-order valence-corrected chi connectivity index (χ2v) is 6.01. The predicted octanol–water partition coefficient (Wildman–Crippen LogP) is 2.23. The minimum absolute atomic E-state index is 0.114. The van der Waals surface area contributed by atoms with E-state index in [0.717, 1.165) is 25.2 Å². The molecule has 0 saturated carbocycles. The molecular weight excluding hydrogens is 214 g/mol. The summed E-state index contributed by atoms with van der Waals surface area (Å²) in [6, 6.07) is 0. The third-order valence-corrected chi connectivity index (χ3v) is 3.76. The van der Waals surface area contributed by atoms with Crippen LogP contribution in [0.3, 0.4) is 0 Å². The van der Waals surface area contributed by atoms with Crippen molar-refractivity contribution in [2.24, 2.45) is 11.3 Å². The van der Waals surface area contributed by atoms with Crippen LogP contribution in [0.1, 0.15) is 43.2 Å². The van der Waals surface area contributed by atoms with Crippen LogP contribution in [0.4, 0.5) is 0 Å². The highest BCUT2D eigenvalue weighted by Crippen LogP contribution is 2.34. The monoisotopic (exact) mass is 235 g/mol. The van der Waals surface area contributed by atoms with E-state index in [1.807, 2.05) is 11.8 Å². The summed E-state index contributed by atoms with van der Waals surface area (Å²) in [4.78, 5) is 14.2. The molecule has 1 atom stereocenters. The number of likely N-dealkylation sites (tertiary alicyclic amines) is 1. The van der Waals surface area contributed by atoms with Crippen molar-refractivity contribution >= 4 is 5.91 Å². The number of nitrogens with one attached hydrogen (secondary N) is 1. The van der Waals surface area contributed by atoms with Gasteiger partial charge in [0.15, 0.2) is 0 Å². The van der Waals surface area contributed by atoms with Crippen LogP contribution in [-0.2, 0) is 0 Å². The first kappa shape index (κ1) is 12.1. The summed E-state index contributed by atoms with van der Waals surface area (Å²) in [6.45, 7) is 10.4. The van der Waals surface area contributed by atoms with Crippen LogP contribution in [0.15, 0.2) is 6.20 Å². The number of rotatable bonds is 1. The van der Waals surface area contributed by atoms with Gasteiger partial charge >= 0.3 is 0 Å². The Labute approximate surface area is 102 Å². The van der Waals surface area contributed by atoms with E-state index in [-0.39, 0.29) is 11.3 Å². The molecule has 0 bridgehead atoms. The molecule has 1 aromatic rings. The maximum absolute atomic E-state index is 12.3. The maximum Gasteiger partial charge on any atom is 0.257 e. The molecule has 1 saturated heterocycles. The molecule has 4 heteroatoms. The first-order valence-corrected chi connectivity index (χ1v) is 6.19. The average molecular weight is 235 g/mol. The minimum Gasteiger partial charge on any atom is -0.338 e. The number of carbonyl (C=O) groups excluding carboxylic acids is 1. The van der Waals surface area contributed by atoms with Crippen molar-refractivity contribution in [3.63, 3.8) is 0 Å². The molecule has 0 spiro atoms. The zero-order valence-corrected chi connectivity index (χ0v) is 11.1. The summed E-state index contributed by atoms with van der Waals surface area (Å²) in [7, 11) is 0. The molecule has 1 aliphatic heterocycles. The topological polar surface area (TPSA) is 49.0 Å². The molecule has 1 aliphatic rings. The number of H-pyrrole nitrogens is 1. The van der Waals surface area contributed by atoms with Crippen LogP contribution in [-0.4, -0.2) is 34.1 Å². The van der Waals surface area contributed by atoms with Gasteiger partial charge in [-0.05, 0) is 24.7 Å². The number of aromatic amines is 1. The standard InChI is InChI=1S/C13H21N3O/c1-9-11(7-14-15-9)12(17)16-6-5-10(8-16)13(2,3)4/h7,10H,5-6,8H2,1-4H3,(H,14,15). The van der Waals surface area contributed by atoms with Crippen molar-refractivity contribution < 1.29 is 4.79 Å². The SMILES string of the molecule is Cc1[nH]ncc1C(=O)N1CCC(C(C)(C)C)C1. The molecule has 0 aromatic carbocycles. The Bertz CT molecular complexity index is 417. The summed E-state index contributed by atoms with van der Waals surface area (Å²) in [5.74, 6) is 0.710. The first-order valence-electron chi connectivity index (χ1n) is 6.19. The van der Waals surface area contributed by atoms with Crippen LogP contribution >= 0.6 is 0 Å². The Morgan fingerprint density at radius 3 is 2.71 bits per heavy atom. The van der Waals surface area contributed by atoms with Gasteiger partial charge in [0, 0.05) is 18.8 Å². The molecule has 0 aliphatic carbocycles. The fourth-order valence-electron chi connectivity index (χ4n) is 2.39. The Balaban J connectivity index is 2.07. The quantitative estimate of drug-likeness (QED) is 0.811. The van der Waals surface area contributed by atoms with Gasteiger partial charge in [0.2, 0.25) is 0 Å². The van der Waals surface area contributed by atoms with E-state index < -0.39 is 0 Å². The Hall–Kier alpha value is -1.32. The molecule has 1 N–H and O–H groups in total. The van der Waals surface area contributed by atoms with E-state index in [2.05, 4.69) is 31.0 Å². The van der Waals surface area contributed by atoms with E-state index in [0.29, 0.717) is 11.5 Å². The van der Waals surface area contributed by atoms with Gasteiger partial charge in [-0.1, -0.05) is 20.8 Å². The highest BCUT2D eigenvalue weighted by Gasteiger charge is 2.34. The lowest BCUT2D eigenvalue weighted by atomic mass is 9.80. The van der Waals surface area contributed by atoms with Crippen molar-refractivity contribution in [3.8, 4) is 0 Å². The fraction of sp³-hybridized carbons (Fsp3) is 0.692. The van der Waals surface area contributed by atoms with Crippen molar-refractivity contribution in [2.75, 3.05) is 13.1 Å². The van der Waals surface area contributed by atoms with Gasteiger partial charge in [0.05, 0.1) is 11.8 Å². The van der Waals surface area contributed by atoms with Crippen LogP contribution in [0.25, 0.3) is 0 Å². The van der Waals surface area contributed by atoms with E-state index in [9.17, 15) is 4.79 Å². The number of hydrogen-bond donors (Lipinski definition) is 1. The van der Waals surface area contributed by atoms with Gasteiger partial charge in [0.1, 0.15) is 0 Å². The number of amides is 1. The van der Waals surface area contributed by atoms with E-state index in [1.54, 1.807) is 6.20 Å². The van der Waals surface area contributed by atoms with E-state index in [1.165, 1.54) is 0 Å². The second-order valence-electron chi connectivity index (χ2n) is 6.01. The van der Waals surface area contributed by atoms with Crippen molar-refractivity contribution in [3.05, 3.63) is 17.5 Å². The third kappa shape index (κ3) is 2.35. The van der Waals surface area contributed by atoms with Crippen LogP contribution < -0.4 is 0 Å². The normalized spacial score (nSPS) is 20.9. The molecule has 4 nitrogen and oxygen atoms in total. The third-order valence-electron chi connectivity index (χ3n) is 3.76. The molecule has 0 radical (unpaired) electrons. The number of nitrogens with zero attached hydrogens (tertiary/aromatic N) is 2. The van der Waals surface area contributed by atoms with Crippen LogP contribution in [0.2, 0.25) is 0 Å². The summed E-state index contributed by atoms with van der Waals surface area (Å²) in [5, 5.41) is 6.73.